The monoisotopic (exact) mass is 432 g/mol. The lowest BCUT2D eigenvalue weighted by Crippen LogP contribution is -2.45. The number of esters is 1. The molecule has 1 fully saturated rings. The number of thiazole rings is 1. The second-order valence-electron chi connectivity index (χ2n) is 7.22. The molecule has 0 radical (unpaired) electrons. The predicted molar refractivity (Wildman–Crippen MR) is 115 cm³/mol. The summed E-state index contributed by atoms with van der Waals surface area (Å²) in [5.41, 5.74) is 1.39. The van der Waals surface area contributed by atoms with E-state index in [1.165, 1.54) is 11.3 Å². The van der Waals surface area contributed by atoms with Gasteiger partial charge in [-0.25, -0.2) is 9.78 Å². The number of ether oxygens (including phenoxy) is 3. The van der Waals surface area contributed by atoms with E-state index in [9.17, 15) is 9.59 Å². The Kier molecular flexibility index (Phi) is 7.31. The minimum absolute atomic E-state index is 0.128. The van der Waals surface area contributed by atoms with E-state index >= 15 is 0 Å². The highest BCUT2D eigenvalue weighted by molar-refractivity contribution is 7.17. The van der Waals surface area contributed by atoms with Crippen LogP contribution in [0.4, 0.5) is 0 Å². The van der Waals surface area contributed by atoms with Gasteiger partial charge in [0, 0.05) is 18.2 Å². The molecule has 0 aliphatic carbocycles. The van der Waals surface area contributed by atoms with Crippen LogP contribution in [0.2, 0.25) is 0 Å². The molecule has 1 aliphatic rings. The molecule has 0 saturated carbocycles. The van der Waals surface area contributed by atoms with Crippen LogP contribution in [0, 0.1) is 6.92 Å². The Bertz CT molecular complexity index is 911. The number of benzene rings is 1. The average Bonchev–Trinajstić information content (AvgIpc) is 3.18. The molecule has 1 aromatic carbocycles. The maximum absolute atomic E-state index is 12.6. The fourth-order valence-corrected chi connectivity index (χ4v) is 4.66. The standard InChI is InChI=1S/C22H28N2O5S/c1-5-16-8-6-7-11-24(16)19(25)13-29-22(26)20-14(2)23-21(30-20)15-9-10-17(27-3)18(12-15)28-4/h9-10,12,16H,5-8,11,13H2,1-4H3. The topological polar surface area (TPSA) is 78.0 Å². The normalized spacial score (nSPS) is 16.3. The van der Waals surface area contributed by atoms with Crippen molar-refractivity contribution >= 4 is 23.2 Å². The van der Waals surface area contributed by atoms with Gasteiger partial charge in [-0.2, -0.15) is 0 Å². The van der Waals surface area contributed by atoms with Crippen LogP contribution in [0.3, 0.4) is 0 Å². The molecule has 1 aliphatic heterocycles. The number of hydrogen-bond donors (Lipinski definition) is 0. The summed E-state index contributed by atoms with van der Waals surface area (Å²) in [5, 5.41) is 0.675. The summed E-state index contributed by atoms with van der Waals surface area (Å²) in [6.07, 6.45) is 4.07. The molecule has 1 aromatic heterocycles. The fraction of sp³-hybridized carbons (Fsp3) is 0.500. The lowest BCUT2D eigenvalue weighted by atomic mass is 10.00. The first-order chi connectivity index (χ1) is 14.5. The molecule has 1 saturated heterocycles. The van der Waals surface area contributed by atoms with Crippen LogP contribution in [0.15, 0.2) is 18.2 Å². The summed E-state index contributed by atoms with van der Waals surface area (Å²) in [5.74, 6) is 0.563. The van der Waals surface area contributed by atoms with Crippen LogP contribution in [-0.4, -0.2) is 55.2 Å². The summed E-state index contributed by atoms with van der Waals surface area (Å²) in [7, 11) is 3.15. The van der Waals surface area contributed by atoms with E-state index in [0.717, 1.165) is 37.8 Å². The third-order valence-electron chi connectivity index (χ3n) is 5.36. The van der Waals surface area contributed by atoms with Crippen molar-refractivity contribution in [2.24, 2.45) is 0 Å². The highest BCUT2D eigenvalue weighted by Gasteiger charge is 2.27. The molecule has 162 valence electrons. The molecule has 8 heteroatoms. The number of rotatable bonds is 7. The van der Waals surface area contributed by atoms with Crippen LogP contribution in [-0.2, 0) is 9.53 Å². The molecule has 0 N–H and O–H groups in total. The minimum atomic E-state index is -0.518. The number of nitrogens with zero attached hydrogens (tertiary/aromatic N) is 2. The van der Waals surface area contributed by atoms with Gasteiger partial charge in [0.25, 0.3) is 5.91 Å². The van der Waals surface area contributed by atoms with Gasteiger partial charge in [0.1, 0.15) is 9.88 Å². The highest BCUT2D eigenvalue weighted by atomic mass is 32.1. The summed E-state index contributed by atoms with van der Waals surface area (Å²) < 4.78 is 15.9. The molecule has 2 aromatic rings. The first kappa shape index (κ1) is 22.1. The Morgan fingerprint density at radius 1 is 1.20 bits per heavy atom. The number of hydrogen-bond acceptors (Lipinski definition) is 7. The molecule has 1 amide bonds. The van der Waals surface area contributed by atoms with Crippen LogP contribution in [0.1, 0.15) is 48.0 Å². The lowest BCUT2D eigenvalue weighted by Gasteiger charge is -2.35. The quantitative estimate of drug-likeness (QED) is 0.614. The van der Waals surface area contributed by atoms with Crippen molar-refractivity contribution in [1.29, 1.82) is 0 Å². The van der Waals surface area contributed by atoms with Gasteiger partial charge >= 0.3 is 5.97 Å². The SMILES string of the molecule is CCC1CCCCN1C(=O)COC(=O)c1sc(-c2ccc(OC)c(OC)c2)nc1C. The third-order valence-corrected chi connectivity index (χ3v) is 6.54. The van der Waals surface area contributed by atoms with Gasteiger partial charge in [0.15, 0.2) is 18.1 Å². The van der Waals surface area contributed by atoms with Crippen molar-refractivity contribution in [1.82, 2.24) is 9.88 Å². The zero-order valence-corrected chi connectivity index (χ0v) is 18.7. The molecule has 3 rings (SSSR count). The maximum atomic E-state index is 12.6. The second-order valence-corrected chi connectivity index (χ2v) is 8.22. The van der Waals surface area contributed by atoms with E-state index in [1.807, 2.05) is 17.0 Å². The van der Waals surface area contributed by atoms with E-state index < -0.39 is 5.97 Å². The van der Waals surface area contributed by atoms with Crippen molar-refractivity contribution in [3.8, 4) is 22.1 Å². The average molecular weight is 433 g/mol. The number of methoxy groups -OCH3 is 2. The van der Waals surface area contributed by atoms with Crippen LogP contribution >= 0.6 is 11.3 Å². The first-order valence-electron chi connectivity index (χ1n) is 10.1. The predicted octanol–water partition coefficient (Wildman–Crippen LogP) is 4.08. The van der Waals surface area contributed by atoms with Crippen LogP contribution in [0.5, 0.6) is 11.5 Å². The van der Waals surface area contributed by atoms with Crippen LogP contribution in [0.25, 0.3) is 10.6 Å². The number of carbonyl (C=O) groups is 2. The van der Waals surface area contributed by atoms with Crippen molar-refractivity contribution < 1.29 is 23.8 Å². The van der Waals surface area contributed by atoms with E-state index in [2.05, 4.69) is 11.9 Å². The molecule has 2 heterocycles. The second kappa shape index (κ2) is 9.93. The first-order valence-corrected chi connectivity index (χ1v) is 11.0. The van der Waals surface area contributed by atoms with Gasteiger partial charge in [-0.1, -0.05) is 6.92 Å². The number of amides is 1. The number of piperidine rings is 1. The maximum Gasteiger partial charge on any atom is 0.350 e. The molecule has 1 atom stereocenters. The van der Waals surface area contributed by atoms with Gasteiger partial charge in [-0.3, -0.25) is 4.79 Å². The molecule has 0 spiro atoms. The van der Waals surface area contributed by atoms with E-state index in [-0.39, 0.29) is 18.6 Å². The van der Waals surface area contributed by atoms with Crippen LogP contribution < -0.4 is 9.47 Å². The third kappa shape index (κ3) is 4.75. The lowest BCUT2D eigenvalue weighted by molar-refractivity contribution is -0.138. The molecular weight excluding hydrogens is 404 g/mol. The summed E-state index contributed by atoms with van der Waals surface area (Å²) in [4.78, 5) is 31.9. The van der Waals surface area contributed by atoms with Gasteiger partial charge in [-0.15, -0.1) is 11.3 Å². The Morgan fingerprint density at radius 2 is 1.97 bits per heavy atom. The Hall–Kier alpha value is -2.61. The Labute approximate surface area is 181 Å². The summed E-state index contributed by atoms with van der Waals surface area (Å²) in [6, 6.07) is 5.72. The van der Waals surface area contributed by atoms with Crippen molar-refractivity contribution in [2.75, 3.05) is 27.4 Å². The highest BCUT2D eigenvalue weighted by Crippen LogP contribution is 2.35. The number of carbonyl (C=O) groups excluding carboxylic acids is 2. The molecule has 7 nitrogen and oxygen atoms in total. The fourth-order valence-electron chi connectivity index (χ4n) is 3.71. The van der Waals surface area contributed by atoms with Crippen molar-refractivity contribution in [3.05, 3.63) is 28.8 Å². The summed E-state index contributed by atoms with van der Waals surface area (Å²) >= 11 is 1.24. The number of likely N-dealkylation sites (tertiary alicyclic amines) is 1. The van der Waals surface area contributed by atoms with Crippen molar-refractivity contribution in [2.45, 2.75) is 45.6 Å². The molecule has 1 unspecified atom stereocenters. The number of aryl methyl sites for hydroxylation is 1. The zero-order valence-electron chi connectivity index (χ0n) is 17.9. The molecule has 30 heavy (non-hydrogen) atoms. The Morgan fingerprint density at radius 3 is 2.67 bits per heavy atom. The molecular formula is C22H28N2O5S. The number of aromatic nitrogens is 1. The minimum Gasteiger partial charge on any atom is -0.493 e. The zero-order chi connectivity index (χ0) is 21.7. The largest absolute Gasteiger partial charge is 0.493 e. The molecule has 0 bridgehead atoms. The van der Waals surface area contributed by atoms with E-state index in [0.29, 0.717) is 27.1 Å². The summed E-state index contributed by atoms with van der Waals surface area (Å²) in [6.45, 7) is 4.34. The smallest absolute Gasteiger partial charge is 0.350 e. The van der Waals surface area contributed by atoms with Gasteiger partial charge < -0.3 is 19.1 Å². The van der Waals surface area contributed by atoms with Crippen molar-refractivity contribution in [3.63, 3.8) is 0 Å². The van der Waals surface area contributed by atoms with Gasteiger partial charge in [0.2, 0.25) is 0 Å². The Balaban J connectivity index is 1.69. The van der Waals surface area contributed by atoms with Gasteiger partial charge in [-0.05, 0) is 50.8 Å². The van der Waals surface area contributed by atoms with E-state index in [1.54, 1.807) is 27.2 Å². The van der Waals surface area contributed by atoms with E-state index in [4.69, 9.17) is 14.2 Å². The van der Waals surface area contributed by atoms with Gasteiger partial charge in [0.05, 0.1) is 19.9 Å².